The fourth-order valence-electron chi connectivity index (χ4n) is 11.5. The second-order valence-electron chi connectivity index (χ2n) is 18.3. The number of anilines is 3. The number of para-hydroxylation sites is 1. The minimum Gasteiger partial charge on any atom is -0.456 e. The molecule has 3 heteroatoms. The third-order valence-corrected chi connectivity index (χ3v) is 15.8. The lowest BCUT2D eigenvalue weighted by molar-refractivity contribution is 0.669. The van der Waals surface area contributed by atoms with Crippen molar-refractivity contribution in [3.63, 3.8) is 0 Å². The number of furan rings is 1. The van der Waals surface area contributed by atoms with Gasteiger partial charge in [-0.25, -0.2) is 0 Å². The molecule has 0 N–H and O–H groups in total. The van der Waals surface area contributed by atoms with Gasteiger partial charge in [0, 0.05) is 47.9 Å². The van der Waals surface area contributed by atoms with E-state index < -0.39 is 5.41 Å². The van der Waals surface area contributed by atoms with Crippen molar-refractivity contribution in [2.75, 3.05) is 4.90 Å². The molecule has 0 bridgehead atoms. The van der Waals surface area contributed by atoms with E-state index in [1.165, 1.54) is 70.2 Å². The number of rotatable bonds is 8. The zero-order valence-corrected chi connectivity index (χ0v) is 38.9. The van der Waals surface area contributed by atoms with E-state index >= 15 is 0 Å². The van der Waals surface area contributed by atoms with Gasteiger partial charge in [0.05, 0.1) is 11.1 Å². The van der Waals surface area contributed by atoms with Gasteiger partial charge in [0.2, 0.25) is 0 Å². The van der Waals surface area contributed by atoms with Crippen LogP contribution >= 0.6 is 11.3 Å². The average molecular weight is 910 g/mol. The highest BCUT2D eigenvalue weighted by Crippen LogP contribution is 2.59. The fourth-order valence-corrected chi connectivity index (χ4v) is 12.7. The van der Waals surface area contributed by atoms with Crippen LogP contribution in [0.5, 0.6) is 0 Å². The first kappa shape index (κ1) is 40.3. The first-order valence-electron chi connectivity index (χ1n) is 24.0. The van der Waals surface area contributed by atoms with Crippen LogP contribution in [0.2, 0.25) is 0 Å². The maximum atomic E-state index is 6.18. The molecule has 0 spiro atoms. The quantitative estimate of drug-likeness (QED) is 0.151. The smallest absolute Gasteiger partial charge is 0.135 e. The number of benzene rings is 11. The van der Waals surface area contributed by atoms with Crippen molar-refractivity contribution >= 4 is 70.5 Å². The number of hydrogen-bond acceptors (Lipinski definition) is 3. The Bertz CT molecular complexity index is 4090. The lowest BCUT2D eigenvalue weighted by Crippen LogP contribution is -2.28. The molecule has 2 aromatic heterocycles. The molecule has 11 aromatic carbocycles. The first-order chi connectivity index (χ1) is 34.7. The second kappa shape index (κ2) is 16.2. The summed E-state index contributed by atoms with van der Waals surface area (Å²) in [5.41, 5.74) is 19.2. The summed E-state index contributed by atoms with van der Waals surface area (Å²) >= 11 is 1.88. The predicted octanol–water partition coefficient (Wildman–Crippen LogP) is 18.8. The highest BCUT2D eigenvalue weighted by molar-refractivity contribution is 7.26. The van der Waals surface area contributed by atoms with E-state index in [1.807, 2.05) is 23.5 Å². The topological polar surface area (TPSA) is 16.4 Å². The Labute approximate surface area is 410 Å². The lowest BCUT2D eigenvalue weighted by atomic mass is 9.68. The maximum absolute atomic E-state index is 6.18. The van der Waals surface area contributed by atoms with Crippen molar-refractivity contribution in [3.05, 3.63) is 283 Å². The van der Waals surface area contributed by atoms with Gasteiger partial charge in [0.15, 0.2) is 0 Å². The van der Waals surface area contributed by atoms with Gasteiger partial charge in [-0.15, -0.1) is 11.3 Å². The van der Waals surface area contributed by atoms with Crippen molar-refractivity contribution in [2.24, 2.45) is 0 Å². The Morgan fingerprint density at radius 2 is 0.929 bits per heavy atom. The largest absolute Gasteiger partial charge is 0.456 e. The van der Waals surface area contributed by atoms with Crippen LogP contribution in [0.4, 0.5) is 17.1 Å². The Morgan fingerprint density at radius 1 is 0.343 bits per heavy atom. The molecular weight excluding hydrogens is 867 g/mol. The summed E-state index contributed by atoms with van der Waals surface area (Å²) in [6.45, 7) is 0. The molecule has 0 saturated carbocycles. The summed E-state index contributed by atoms with van der Waals surface area (Å²) in [6, 6.07) is 95.7. The summed E-state index contributed by atoms with van der Waals surface area (Å²) < 4.78 is 8.79. The van der Waals surface area contributed by atoms with Crippen LogP contribution in [-0.2, 0) is 5.41 Å². The summed E-state index contributed by atoms with van der Waals surface area (Å²) in [5.74, 6) is 0. The monoisotopic (exact) mass is 909 g/mol. The zero-order valence-electron chi connectivity index (χ0n) is 38.1. The average Bonchev–Trinajstić information content (AvgIpc) is 4.11. The molecule has 0 fully saturated rings. The minimum atomic E-state index is -0.529. The molecular formula is C67H43NOS. The van der Waals surface area contributed by atoms with Gasteiger partial charge in [-0.2, -0.15) is 0 Å². The van der Waals surface area contributed by atoms with Crippen LogP contribution in [0, 0.1) is 0 Å². The molecule has 0 atom stereocenters. The Balaban J connectivity index is 0.947. The molecule has 0 aliphatic heterocycles. The predicted molar refractivity (Wildman–Crippen MR) is 295 cm³/mol. The van der Waals surface area contributed by atoms with E-state index in [0.717, 1.165) is 55.7 Å². The van der Waals surface area contributed by atoms with Crippen LogP contribution < -0.4 is 4.90 Å². The highest BCUT2D eigenvalue weighted by atomic mass is 32.1. The summed E-state index contributed by atoms with van der Waals surface area (Å²) in [6.07, 6.45) is 0. The fraction of sp³-hybridized carbons (Fsp3) is 0.0149. The number of nitrogens with zero attached hydrogens (tertiary/aromatic N) is 1. The Hall–Kier alpha value is -8.76. The maximum Gasteiger partial charge on any atom is 0.135 e. The van der Waals surface area contributed by atoms with Gasteiger partial charge in [-0.05, 0) is 122 Å². The van der Waals surface area contributed by atoms with E-state index in [-0.39, 0.29) is 0 Å². The van der Waals surface area contributed by atoms with Crippen LogP contribution in [0.1, 0.15) is 22.3 Å². The van der Waals surface area contributed by atoms with E-state index in [0.29, 0.717) is 0 Å². The van der Waals surface area contributed by atoms with Crippen LogP contribution in [-0.4, -0.2) is 0 Å². The molecule has 70 heavy (non-hydrogen) atoms. The van der Waals surface area contributed by atoms with Crippen molar-refractivity contribution < 1.29 is 4.42 Å². The van der Waals surface area contributed by atoms with Gasteiger partial charge in [-0.1, -0.05) is 200 Å². The molecule has 0 radical (unpaired) electrons. The lowest BCUT2D eigenvalue weighted by Gasteiger charge is -2.34. The van der Waals surface area contributed by atoms with Crippen LogP contribution in [0.25, 0.3) is 86.6 Å². The first-order valence-corrected chi connectivity index (χ1v) is 24.8. The molecule has 13 aromatic rings. The van der Waals surface area contributed by atoms with E-state index in [4.69, 9.17) is 4.42 Å². The van der Waals surface area contributed by atoms with E-state index in [1.54, 1.807) is 0 Å². The Kier molecular flexibility index (Phi) is 9.33. The van der Waals surface area contributed by atoms with Crippen molar-refractivity contribution in [2.45, 2.75) is 5.41 Å². The summed E-state index contributed by atoms with van der Waals surface area (Å²) in [5, 5.41) is 4.87. The summed E-state index contributed by atoms with van der Waals surface area (Å²) in [4.78, 5) is 2.49. The molecule has 0 saturated heterocycles. The van der Waals surface area contributed by atoms with Gasteiger partial charge in [0.1, 0.15) is 11.2 Å². The number of fused-ring (bicyclic) bond motifs is 9. The third kappa shape index (κ3) is 6.25. The zero-order chi connectivity index (χ0) is 46.2. The second-order valence-corrected chi connectivity index (χ2v) is 19.4. The normalized spacial score (nSPS) is 12.7. The summed E-state index contributed by atoms with van der Waals surface area (Å²) in [7, 11) is 0. The molecule has 2 heterocycles. The highest BCUT2D eigenvalue weighted by Gasteiger charge is 2.47. The van der Waals surface area contributed by atoms with Crippen LogP contribution in [0.3, 0.4) is 0 Å². The molecule has 14 rings (SSSR count). The molecule has 2 nitrogen and oxygen atoms in total. The van der Waals surface area contributed by atoms with Gasteiger partial charge in [0.25, 0.3) is 0 Å². The van der Waals surface area contributed by atoms with Gasteiger partial charge < -0.3 is 9.32 Å². The third-order valence-electron chi connectivity index (χ3n) is 14.6. The van der Waals surface area contributed by atoms with Crippen molar-refractivity contribution in [1.82, 2.24) is 0 Å². The molecule has 0 unspecified atom stereocenters. The van der Waals surface area contributed by atoms with Gasteiger partial charge in [-0.3, -0.25) is 0 Å². The van der Waals surface area contributed by atoms with Crippen LogP contribution in [0.15, 0.2) is 265 Å². The molecule has 1 aliphatic carbocycles. The van der Waals surface area contributed by atoms with Gasteiger partial charge >= 0.3 is 0 Å². The molecule has 0 amide bonds. The number of hydrogen-bond donors (Lipinski definition) is 0. The SMILES string of the molecule is c1ccc(C2(c3ccccc3)c3ccccc3-c3c(N(c4ccc(-c5cccc(-c6ccc7oc8ccccc8c7c6)c5)cc4)c4cccc(-c5cccc6c5sc5ccccc56)c4)cccc32)cc1. The number of thiophene rings is 1. The molecule has 328 valence electrons. The van der Waals surface area contributed by atoms with E-state index in [2.05, 4.69) is 254 Å². The Morgan fingerprint density at radius 3 is 1.76 bits per heavy atom. The van der Waals surface area contributed by atoms with E-state index in [9.17, 15) is 0 Å². The molecule has 1 aliphatic rings. The van der Waals surface area contributed by atoms with Crippen molar-refractivity contribution in [3.8, 4) is 44.5 Å². The van der Waals surface area contributed by atoms with Crippen molar-refractivity contribution in [1.29, 1.82) is 0 Å². The minimum absolute atomic E-state index is 0.529. The standard InChI is InChI=1S/C67H43NOS/c1-3-20-49(21-4-1)67(50-22-5-2-6-23-50)59-30-10-7-27-57(59)65-60(67)31-16-32-61(65)68(52-24-14-19-48(42-52)53-28-15-29-56-55-26-9-12-34-64(55)70-66(53)56)51-38-35-44(36-39-51)45-17-13-18-46(41-45)47-37-40-63-58(43-47)54-25-8-11-33-62(54)69-63/h1-43H.